The van der Waals surface area contributed by atoms with E-state index in [0.29, 0.717) is 13.0 Å². The highest BCUT2D eigenvalue weighted by molar-refractivity contribution is 5.78. The fraction of sp³-hybridized carbons (Fsp3) is 0.533. The molecule has 19 heavy (non-hydrogen) atoms. The van der Waals surface area contributed by atoms with Crippen molar-refractivity contribution in [3.8, 4) is 0 Å². The van der Waals surface area contributed by atoms with Crippen molar-refractivity contribution in [1.82, 2.24) is 10.6 Å². The van der Waals surface area contributed by atoms with Gasteiger partial charge in [0.1, 0.15) is 0 Å². The monoisotopic (exact) mass is 262 g/mol. The van der Waals surface area contributed by atoms with Crippen LogP contribution >= 0.6 is 0 Å². The second-order valence-electron chi connectivity index (χ2n) is 5.10. The van der Waals surface area contributed by atoms with Crippen LogP contribution in [-0.2, 0) is 16.0 Å². The van der Waals surface area contributed by atoms with Gasteiger partial charge in [0, 0.05) is 19.6 Å². The lowest BCUT2D eigenvalue weighted by Crippen LogP contribution is -2.45. The number of carbonyl (C=O) groups excluding carboxylic acids is 1. The lowest BCUT2D eigenvalue weighted by molar-refractivity contribution is -0.121. The van der Waals surface area contributed by atoms with Crippen molar-refractivity contribution < 1.29 is 9.53 Å². The van der Waals surface area contributed by atoms with Crippen LogP contribution in [0.2, 0.25) is 0 Å². The van der Waals surface area contributed by atoms with Crippen LogP contribution < -0.4 is 10.6 Å². The zero-order chi connectivity index (χ0) is 13.7. The summed E-state index contributed by atoms with van der Waals surface area (Å²) in [5.41, 5.74) is 3.54. The Morgan fingerprint density at radius 3 is 2.95 bits per heavy atom. The largest absolute Gasteiger partial charge is 0.374 e. The van der Waals surface area contributed by atoms with E-state index in [1.54, 1.807) is 0 Å². The number of rotatable bonds is 4. The number of amides is 1. The summed E-state index contributed by atoms with van der Waals surface area (Å²) >= 11 is 0. The molecule has 0 aliphatic carbocycles. The number of carbonyl (C=O) groups is 1. The molecule has 1 saturated heterocycles. The van der Waals surface area contributed by atoms with Crippen LogP contribution in [0, 0.1) is 13.8 Å². The minimum atomic E-state index is 0.0532. The highest BCUT2D eigenvalue weighted by Crippen LogP contribution is 2.10. The molecule has 2 N–H and O–H groups in total. The SMILES string of the molecule is Cc1ccc(CC(=O)NCC2CNCCO2)cc1C. The van der Waals surface area contributed by atoms with Crippen molar-refractivity contribution >= 4 is 5.91 Å². The first-order chi connectivity index (χ1) is 9.15. The highest BCUT2D eigenvalue weighted by atomic mass is 16.5. The summed E-state index contributed by atoms with van der Waals surface area (Å²) in [7, 11) is 0. The molecule has 0 aromatic heterocycles. The zero-order valence-electron chi connectivity index (χ0n) is 11.7. The van der Waals surface area contributed by atoms with Gasteiger partial charge in [0.25, 0.3) is 0 Å². The van der Waals surface area contributed by atoms with Gasteiger partial charge in [-0.05, 0) is 30.5 Å². The molecule has 0 bridgehead atoms. The lowest BCUT2D eigenvalue weighted by atomic mass is 10.0. The zero-order valence-corrected chi connectivity index (χ0v) is 11.7. The Hall–Kier alpha value is -1.39. The number of hydrogen-bond donors (Lipinski definition) is 2. The molecule has 2 rings (SSSR count). The van der Waals surface area contributed by atoms with Crippen molar-refractivity contribution in [3.63, 3.8) is 0 Å². The topological polar surface area (TPSA) is 50.4 Å². The van der Waals surface area contributed by atoms with Crippen LogP contribution in [0.5, 0.6) is 0 Å². The van der Waals surface area contributed by atoms with Gasteiger partial charge in [-0.25, -0.2) is 0 Å². The van der Waals surface area contributed by atoms with Gasteiger partial charge >= 0.3 is 0 Å². The third kappa shape index (κ3) is 4.33. The summed E-state index contributed by atoms with van der Waals surface area (Å²) in [4.78, 5) is 11.9. The first-order valence-electron chi connectivity index (χ1n) is 6.80. The molecule has 0 saturated carbocycles. The molecular formula is C15H22N2O2. The third-order valence-corrected chi connectivity index (χ3v) is 3.47. The minimum Gasteiger partial charge on any atom is -0.374 e. The molecule has 0 spiro atoms. The van der Waals surface area contributed by atoms with E-state index >= 15 is 0 Å². The fourth-order valence-electron chi connectivity index (χ4n) is 2.14. The summed E-state index contributed by atoms with van der Waals surface area (Å²) in [5.74, 6) is 0.0532. The maximum atomic E-state index is 11.9. The average Bonchev–Trinajstić information content (AvgIpc) is 2.42. The van der Waals surface area contributed by atoms with E-state index in [4.69, 9.17) is 4.74 Å². The Labute approximate surface area is 114 Å². The van der Waals surface area contributed by atoms with E-state index in [1.807, 2.05) is 6.07 Å². The number of hydrogen-bond acceptors (Lipinski definition) is 3. The van der Waals surface area contributed by atoms with Crippen LogP contribution in [0.4, 0.5) is 0 Å². The van der Waals surface area contributed by atoms with Crippen molar-refractivity contribution in [1.29, 1.82) is 0 Å². The molecule has 4 nitrogen and oxygen atoms in total. The first-order valence-corrected chi connectivity index (χ1v) is 6.80. The van der Waals surface area contributed by atoms with Gasteiger partial charge in [0.15, 0.2) is 0 Å². The average molecular weight is 262 g/mol. The van der Waals surface area contributed by atoms with E-state index in [1.165, 1.54) is 11.1 Å². The van der Waals surface area contributed by atoms with Crippen LogP contribution in [0.3, 0.4) is 0 Å². The number of aryl methyl sites for hydroxylation is 2. The van der Waals surface area contributed by atoms with Crippen molar-refractivity contribution in [2.24, 2.45) is 0 Å². The molecular weight excluding hydrogens is 240 g/mol. The number of benzene rings is 1. The molecule has 104 valence electrons. The summed E-state index contributed by atoms with van der Waals surface area (Å²) < 4.78 is 5.54. The second-order valence-corrected chi connectivity index (χ2v) is 5.10. The molecule has 1 heterocycles. The molecule has 0 radical (unpaired) electrons. The van der Waals surface area contributed by atoms with Gasteiger partial charge in [-0.2, -0.15) is 0 Å². The summed E-state index contributed by atoms with van der Waals surface area (Å²) in [6, 6.07) is 6.15. The second kappa shape index (κ2) is 6.68. The number of ether oxygens (including phenoxy) is 1. The van der Waals surface area contributed by atoms with Gasteiger partial charge in [-0.3, -0.25) is 4.79 Å². The van der Waals surface area contributed by atoms with Gasteiger partial charge in [-0.15, -0.1) is 0 Å². The summed E-state index contributed by atoms with van der Waals surface area (Å²) in [6.45, 7) is 7.15. The van der Waals surface area contributed by atoms with Crippen molar-refractivity contribution in [3.05, 3.63) is 34.9 Å². The fourth-order valence-corrected chi connectivity index (χ4v) is 2.14. The number of nitrogens with one attached hydrogen (secondary N) is 2. The van der Waals surface area contributed by atoms with E-state index < -0.39 is 0 Å². The van der Waals surface area contributed by atoms with Crippen LogP contribution in [-0.4, -0.2) is 38.3 Å². The van der Waals surface area contributed by atoms with Gasteiger partial charge in [0.05, 0.1) is 19.1 Å². The van der Waals surface area contributed by atoms with E-state index in [0.717, 1.165) is 25.3 Å². The van der Waals surface area contributed by atoms with Gasteiger partial charge in [-0.1, -0.05) is 18.2 Å². The van der Waals surface area contributed by atoms with Gasteiger partial charge in [0.2, 0.25) is 5.91 Å². The molecule has 1 atom stereocenters. The van der Waals surface area contributed by atoms with Crippen molar-refractivity contribution in [2.45, 2.75) is 26.4 Å². The quantitative estimate of drug-likeness (QED) is 0.849. The van der Waals surface area contributed by atoms with E-state index in [9.17, 15) is 4.79 Å². The molecule has 1 fully saturated rings. The van der Waals surface area contributed by atoms with E-state index in [2.05, 4.69) is 36.6 Å². The standard InChI is InChI=1S/C15H22N2O2/c1-11-3-4-13(7-12(11)2)8-15(18)17-10-14-9-16-5-6-19-14/h3-4,7,14,16H,5-6,8-10H2,1-2H3,(H,17,18). The molecule has 1 unspecified atom stereocenters. The highest BCUT2D eigenvalue weighted by Gasteiger charge is 2.14. The smallest absolute Gasteiger partial charge is 0.224 e. The first kappa shape index (κ1) is 14.0. The molecule has 1 aliphatic heterocycles. The lowest BCUT2D eigenvalue weighted by Gasteiger charge is -2.23. The Kier molecular flexibility index (Phi) is 4.93. The number of morpholine rings is 1. The Bertz CT molecular complexity index is 440. The molecule has 1 aliphatic rings. The predicted molar refractivity (Wildman–Crippen MR) is 75.2 cm³/mol. The Balaban J connectivity index is 1.78. The minimum absolute atomic E-state index is 0.0532. The van der Waals surface area contributed by atoms with Crippen molar-refractivity contribution in [2.75, 3.05) is 26.2 Å². The summed E-state index contributed by atoms with van der Waals surface area (Å²) in [6.07, 6.45) is 0.527. The molecule has 1 aromatic rings. The summed E-state index contributed by atoms with van der Waals surface area (Å²) in [5, 5.41) is 6.18. The molecule has 4 heteroatoms. The normalized spacial score (nSPS) is 19.2. The molecule has 1 amide bonds. The predicted octanol–water partition coefficient (Wildman–Crippen LogP) is 0.951. The van der Waals surface area contributed by atoms with E-state index in [-0.39, 0.29) is 12.0 Å². The Morgan fingerprint density at radius 2 is 2.26 bits per heavy atom. The van der Waals surface area contributed by atoms with Crippen LogP contribution in [0.1, 0.15) is 16.7 Å². The van der Waals surface area contributed by atoms with Crippen LogP contribution in [0.25, 0.3) is 0 Å². The maximum Gasteiger partial charge on any atom is 0.224 e. The van der Waals surface area contributed by atoms with Gasteiger partial charge < -0.3 is 15.4 Å². The third-order valence-electron chi connectivity index (χ3n) is 3.47. The maximum absolute atomic E-state index is 11.9. The van der Waals surface area contributed by atoms with Crippen LogP contribution in [0.15, 0.2) is 18.2 Å². The Morgan fingerprint density at radius 1 is 1.42 bits per heavy atom. The molecule has 1 aromatic carbocycles.